The number of ether oxygens (including phenoxy) is 2. The zero-order valence-corrected chi connectivity index (χ0v) is 14.9. The summed E-state index contributed by atoms with van der Waals surface area (Å²) >= 11 is 0. The van der Waals surface area contributed by atoms with Gasteiger partial charge in [0, 0.05) is 18.9 Å². The van der Waals surface area contributed by atoms with Crippen molar-refractivity contribution in [2.24, 2.45) is 11.8 Å². The molecule has 2 heterocycles. The van der Waals surface area contributed by atoms with Gasteiger partial charge in [0.15, 0.2) is 0 Å². The summed E-state index contributed by atoms with van der Waals surface area (Å²) in [4.78, 5) is 27.7. The Labute approximate surface area is 148 Å². The van der Waals surface area contributed by atoms with Crippen LogP contribution in [0.2, 0.25) is 0 Å². The summed E-state index contributed by atoms with van der Waals surface area (Å²) in [6, 6.07) is 9.91. The first-order valence-corrected chi connectivity index (χ1v) is 9.25. The molecule has 1 aromatic rings. The van der Waals surface area contributed by atoms with Crippen molar-refractivity contribution >= 4 is 11.9 Å². The number of likely N-dealkylation sites (tertiary alicyclic amines) is 1. The first-order valence-electron chi connectivity index (χ1n) is 9.25. The second kappa shape index (κ2) is 5.84. The molecule has 1 spiro atoms. The number of rotatable bonds is 4. The molecular weight excluding hydrogens is 318 g/mol. The van der Waals surface area contributed by atoms with Gasteiger partial charge in [0.25, 0.3) is 5.91 Å². The van der Waals surface area contributed by atoms with E-state index in [0.717, 1.165) is 24.8 Å². The lowest BCUT2D eigenvalue weighted by atomic mass is 9.71. The molecule has 0 aromatic heterocycles. The number of fused-ring (bicyclic) bond motifs is 1. The highest BCUT2D eigenvalue weighted by atomic mass is 16.6. The van der Waals surface area contributed by atoms with Crippen molar-refractivity contribution in [1.29, 1.82) is 0 Å². The van der Waals surface area contributed by atoms with Crippen molar-refractivity contribution in [3.8, 4) is 0 Å². The minimum absolute atomic E-state index is 0.203. The molecule has 0 radical (unpaired) electrons. The normalized spacial score (nSPS) is 36.4. The summed E-state index contributed by atoms with van der Waals surface area (Å²) in [5, 5.41) is 0. The van der Waals surface area contributed by atoms with Gasteiger partial charge in [0.2, 0.25) is 5.60 Å². The third kappa shape index (κ3) is 2.32. The van der Waals surface area contributed by atoms with Gasteiger partial charge in [0.1, 0.15) is 5.72 Å². The van der Waals surface area contributed by atoms with E-state index in [1.165, 1.54) is 0 Å². The predicted molar refractivity (Wildman–Crippen MR) is 91.3 cm³/mol. The van der Waals surface area contributed by atoms with Crippen LogP contribution in [0.4, 0.5) is 0 Å². The SMILES string of the molecule is CCOC(=O)[C@@]12C[C@@H]3CC[C@H](C)C[C@@]3(O1)N(Cc1ccccc1)C2=O. The van der Waals surface area contributed by atoms with Crippen LogP contribution in [0.1, 0.15) is 45.1 Å². The van der Waals surface area contributed by atoms with Gasteiger partial charge in [-0.2, -0.15) is 0 Å². The van der Waals surface area contributed by atoms with Crippen molar-refractivity contribution in [1.82, 2.24) is 4.90 Å². The molecule has 2 bridgehead atoms. The van der Waals surface area contributed by atoms with Gasteiger partial charge in [0.05, 0.1) is 6.61 Å². The van der Waals surface area contributed by atoms with E-state index < -0.39 is 17.3 Å². The van der Waals surface area contributed by atoms with E-state index in [-0.39, 0.29) is 18.4 Å². The van der Waals surface area contributed by atoms with E-state index in [2.05, 4.69) is 6.92 Å². The maximum atomic E-state index is 13.3. The maximum Gasteiger partial charge on any atom is 0.348 e. The molecule has 1 aliphatic carbocycles. The van der Waals surface area contributed by atoms with Crippen LogP contribution in [0.15, 0.2) is 30.3 Å². The largest absolute Gasteiger partial charge is 0.463 e. The van der Waals surface area contributed by atoms with Gasteiger partial charge in [-0.05, 0) is 31.2 Å². The van der Waals surface area contributed by atoms with E-state index in [9.17, 15) is 9.59 Å². The zero-order valence-electron chi connectivity index (χ0n) is 14.9. The van der Waals surface area contributed by atoms with Crippen molar-refractivity contribution < 1.29 is 19.1 Å². The average Bonchev–Trinajstić information content (AvgIpc) is 3.06. The van der Waals surface area contributed by atoms with Crippen molar-refractivity contribution in [3.63, 3.8) is 0 Å². The standard InChI is InChI=1S/C20H25NO4/c1-3-24-18(23)19-12-16-10-9-14(2)11-20(16,25-19)21(17(19)22)13-15-7-5-4-6-8-15/h4-8,14,16H,3,9-13H2,1-2H3/t14-,16-,19-,20-/m0/s1. The molecule has 1 amide bonds. The van der Waals surface area contributed by atoms with Gasteiger partial charge in [-0.1, -0.05) is 43.7 Å². The van der Waals surface area contributed by atoms with Crippen LogP contribution < -0.4 is 0 Å². The second-order valence-electron chi connectivity index (χ2n) is 7.66. The number of hydrogen-bond donors (Lipinski definition) is 0. The first kappa shape index (κ1) is 16.6. The van der Waals surface area contributed by atoms with Crippen LogP contribution in [0.25, 0.3) is 0 Å². The number of amides is 1. The molecular formula is C20H25NO4. The van der Waals surface area contributed by atoms with Crippen LogP contribution in [0, 0.1) is 11.8 Å². The minimum atomic E-state index is -1.43. The molecule has 1 saturated carbocycles. The summed E-state index contributed by atoms with van der Waals surface area (Å²) in [6.45, 7) is 4.69. The van der Waals surface area contributed by atoms with Crippen LogP contribution in [0.5, 0.6) is 0 Å². The lowest BCUT2D eigenvalue weighted by Gasteiger charge is -2.46. The van der Waals surface area contributed by atoms with Crippen molar-refractivity contribution in [3.05, 3.63) is 35.9 Å². The number of benzene rings is 1. The van der Waals surface area contributed by atoms with Gasteiger partial charge >= 0.3 is 5.97 Å². The topological polar surface area (TPSA) is 55.8 Å². The van der Waals surface area contributed by atoms with Crippen molar-refractivity contribution in [2.75, 3.05) is 6.61 Å². The Balaban J connectivity index is 1.73. The smallest absolute Gasteiger partial charge is 0.348 e. The molecule has 1 aromatic carbocycles. The molecule has 0 N–H and O–H groups in total. The summed E-state index contributed by atoms with van der Waals surface area (Å²) in [5.41, 5.74) is -1.03. The average molecular weight is 343 g/mol. The molecule has 5 nitrogen and oxygen atoms in total. The van der Waals surface area contributed by atoms with Gasteiger partial charge < -0.3 is 14.4 Å². The third-order valence-corrected chi connectivity index (χ3v) is 6.01. The Kier molecular flexibility index (Phi) is 3.87. The van der Waals surface area contributed by atoms with Crippen LogP contribution in [-0.2, 0) is 25.6 Å². The van der Waals surface area contributed by atoms with Gasteiger partial charge in [-0.15, -0.1) is 0 Å². The number of carbonyl (C=O) groups is 2. The molecule has 3 aliphatic rings. The Morgan fingerprint density at radius 3 is 2.76 bits per heavy atom. The molecule has 134 valence electrons. The molecule has 2 aliphatic heterocycles. The van der Waals surface area contributed by atoms with E-state index in [4.69, 9.17) is 9.47 Å². The minimum Gasteiger partial charge on any atom is -0.463 e. The van der Waals surface area contributed by atoms with Crippen molar-refractivity contribution in [2.45, 2.75) is 57.4 Å². The van der Waals surface area contributed by atoms with Crippen LogP contribution in [-0.4, -0.2) is 34.7 Å². The van der Waals surface area contributed by atoms with E-state index in [1.54, 1.807) is 6.92 Å². The number of hydrogen-bond acceptors (Lipinski definition) is 4. The number of nitrogens with zero attached hydrogens (tertiary/aromatic N) is 1. The number of piperidine rings is 1. The fraction of sp³-hybridized carbons (Fsp3) is 0.600. The summed E-state index contributed by atoms with van der Waals surface area (Å²) in [7, 11) is 0. The quantitative estimate of drug-likeness (QED) is 0.623. The van der Waals surface area contributed by atoms with E-state index >= 15 is 0 Å². The van der Waals surface area contributed by atoms with E-state index in [1.807, 2.05) is 35.2 Å². The molecule has 5 heteroatoms. The molecule has 4 rings (SSSR count). The molecule has 0 unspecified atom stereocenters. The second-order valence-corrected chi connectivity index (χ2v) is 7.66. The van der Waals surface area contributed by atoms with Crippen LogP contribution in [0.3, 0.4) is 0 Å². The Morgan fingerprint density at radius 2 is 2.04 bits per heavy atom. The molecule has 25 heavy (non-hydrogen) atoms. The summed E-state index contributed by atoms with van der Waals surface area (Å²) < 4.78 is 11.6. The lowest BCUT2D eigenvalue weighted by molar-refractivity contribution is -0.176. The highest BCUT2D eigenvalue weighted by Crippen LogP contribution is 2.59. The maximum absolute atomic E-state index is 13.3. The lowest BCUT2D eigenvalue weighted by Crippen LogP contribution is -2.58. The van der Waals surface area contributed by atoms with Crippen LogP contribution >= 0.6 is 0 Å². The Bertz CT molecular complexity index is 690. The van der Waals surface area contributed by atoms with Gasteiger partial charge in [-0.25, -0.2) is 4.79 Å². The summed E-state index contributed by atoms with van der Waals surface area (Å²) in [6.07, 6.45) is 3.35. The number of carbonyl (C=O) groups excluding carboxylic acids is 2. The fourth-order valence-corrected chi connectivity index (χ4v) is 4.89. The monoisotopic (exact) mass is 343 g/mol. The molecule has 4 atom stereocenters. The third-order valence-electron chi connectivity index (χ3n) is 6.01. The number of esters is 1. The highest BCUT2D eigenvalue weighted by molar-refractivity contribution is 6.08. The highest BCUT2D eigenvalue weighted by Gasteiger charge is 2.74. The molecule has 2 saturated heterocycles. The van der Waals surface area contributed by atoms with E-state index in [0.29, 0.717) is 18.9 Å². The Hall–Kier alpha value is -1.88. The summed E-state index contributed by atoms with van der Waals surface area (Å²) in [5.74, 6) is -0.0647. The first-order chi connectivity index (χ1) is 12.0. The molecule has 3 fully saturated rings. The Morgan fingerprint density at radius 1 is 1.28 bits per heavy atom. The fourth-order valence-electron chi connectivity index (χ4n) is 4.89. The predicted octanol–water partition coefficient (Wildman–Crippen LogP) is 2.88. The van der Waals surface area contributed by atoms with Gasteiger partial charge in [-0.3, -0.25) is 4.79 Å². The zero-order chi connectivity index (χ0) is 17.7.